The van der Waals surface area contributed by atoms with Crippen LogP contribution in [0.2, 0.25) is 0 Å². The van der Waals surface area contributed by atoms with E-state index in [9.17, 15) is 27.6 Å². The Morgan fingerprint density at radius 3 is 2.30 bits per heavy atom. The van der Waals surface area contributed by atoms with E-state index in [0.29, 0.717) is 0 Å². The number of nitrogens with one attached hydrogen (secondary N) is 2. The summed E-state index contributed by atoms with van der Waals surface area (Å²) in [7, 11) is 1.18. The molecule has 2 N–H and O–H groups in total. The Bertz CT molecular complexity index is 866. The van der Waals surface area contributed by atoms with Gasteiger partial charge >= 0.3 is 12.1 Å². The quantitative estimate of drug-likeness (QED) is 0.615. The van der Waals surface area contributed by atoms with Crippen LogP contribution in [0.15, 0.2) is 48.5 Å². The van der Waals surface area contributed by atoms with E-state index in [1.165, 1.54) is 25.3 Å². The first-order valence-electron chi connectivity index (χ1n) is 7.65. The number of carbonyl (C=O) groups is 3. The summed E-state index contributed by atoms with van der Waals surface area (Å²) in [6, 6.07) is 10.1. The molecule has 0 aliphatic carbocycles. The van der Waals surface area contributed by atoms with Crippen LogP contribution < -0.4 is 10.6 Å². The van der Waals surface area contributed by atoms with Gasteiger partial charge in [0.2, 0.25) is 11.8 Å². The lowest BCUT2D eigenvalue weighted by Crippen LogP contribution is -2.22. The lowest BCUT2D eigenvalue weighted by molar-refractivity contribution is -0.137. The summed E-state index contributed by atoms with van der Waals surface area (Å²) in [4.78, 5) is 35.5. The number of amides is 2. The van der Waals surface area contributed by atoms with Crippen molar-refractivity contribution < 1.29 is 32.3 Å². The molecule has 2 rings (SSSR count). The highest BCUT2D eigenvalue weighted by atomic mass is 19.4. The van der Waals surface area contributed by atoms with Gasteiger partial charge in [-0.05, 0) is 30.3 Å². The topological polar surface area (TPSA) is 84.5 Å². The molecule has 142 valence electrons. The molecule has 0 atom stereocenters. The Morgan fingerprint density at radius 2 is 1.63 bits per heavy atom. The highest BCUT2D eigenvalue weighted by Gasteiger charge is 2.30. The molecule has 27 heavy (non-hydrogen) atoms. The third-order valence-corrected chi connectivity index (χ3v) is 3.40. The van der Waals surface area contributed by atoms with Crippen LogP contribution in [-0.2, 0) is 20.5 Å². The standard InChI is InChI=1S/C18H15F3N2O4/c1-27-17(26)13-7-2-3-8-14(13)23-16(25)10-15(24)22-12-6-4-5-11(9-12)18(19,20)21/h2-9H,10H2,1H3,(H,22,24)(H,23,25). The maximum atomic E-state index is 12.7. The maximum absolute atomic E-state index is 12.7. The lowest BCUT2D eigenvalue weighted by Gasteiger charge is -2.11. The molecule has 2 amide bonds. The van der Waals surface area contributed by atoms with Crippen molar-refractivity contribution in [2.75, 3.05) is 17.7 Å². The van der Waals surface area contributed by atoms with E-state index in [1.807, 2.05) is 0 Å². The molecule has 2 aromatic rings. The highest BCUT2D eigenvalue weighted by molar-refractivity contribution is 6.09. The van der Waals surface area contributed by atoms with Crippen LogP contribution in [-0.4, -0.2) is 24.9 Å². The summed E-state index contributed by atoms with van der Waals surface area (Å²) >= 11 is 0. The van der Waals surface area contributed by atoms with Crippen LogP contribution in [0.1, 0.15) is 22.3 Å². The first-order chi connectivity index (χ1) is 12.7. The number of esters is 1. The molecule has 0 heterocycles. The molecule has 0 bridgehead atoms. The van der Waals surface area contributed by atoms with Gasteiger partial charge in [0.1, 0.15) is 6.42 Å². The van der Waals surface area contributed by atoms with E-state index in [2.05, 4.69) is 15.4 Å². The minimum atomic E-state index is -4.55. The van der Waals surface area contributed by atoms with Gasteiger partial charge in [0.15, 0.2) is 0 Å². The molecule has 0 aliphatic heterocycles. The molecule has 9 heteroatoms. The minimum absolute atomic E-state index is 0.0856. The number of anilines is 2. The van der Waals surface area contributed by atoms with Crippen molar-refractivity contribution in [1.29, 1.82) is 0 Å². The summed E-state index contributed by atoms with van der Waals surface area (Å²) in [5.74, 6) is -2.21. The van der Waals surface area contributed by atoms with E-state index in [-0.39, 0.29) is 16.9 Å². The van der Waals surface area contributed by atoms with Gasteiger partial charge < -0.3 is 15.4 Å². The first-order valence-corrected chi connectivity index (χ1v) is 7.65. The van der Waals surface area contributed by atoms with Crippen molar-refractivity contribution in [3.63, 3.8) is 0 Å². The summed E-state index contributed by atoms with van der Waals surface area (Å²) in [6.45, 7) is 0. The Labute approximate surface area is 152 Å². The molecule has 0 unspecified atom stereocenters. The summed E-state index contributed by atoms with van der Waals surface area (Å²) in [6.07, 6.45) is -5.19. The molecule has 0 spiro atoms. The minimum Gasteiger partial charge on any atom is -0.465 e. The number of para-hydroxylation sites is 1. The van der Waals surface area contributed by atoms with Crippen LogP contribution in [0, 0.1) is 0 Å². The molecule has 6 nitrogen and oxygen atoms in total. The average molecular weight is 380 g/mol. The van der Waals surface area contributed by atoms with Gasteiger partial charge in [-0.2, -0.15) is 13.2 Å². The zero-order valence-corrected chi connectivity index (χ0v) is 14.1. The molecular formula is C18H15F3N2O4. The molecule has 0 saturated heterocycles. The molecule has 0 fully saturated rings. The fraction of sp³-hybridized carbons (Fsp3) is 0.167. The summed E-state index contributed by atoms with van der Waals surface area (Å²) < 4.78 is 42.6. The zero-order chi connectivity index (χ0) is 20.0. The van der Waals surface area contributed by atoms with Gasteiger partial charge in [-0.3, -0.25) is 9.59 Å². The number of halogens is 3. The van der Waals surface area contributed by atoms with Crippen molar-refractivity contribution in [1.82, 2.24) is 0 Å². The number of methoxy groups -OCH3 is 1. The van der Waals surface area contributed by atoms with E-state index in [4.69, 9.17) is 0 Å². The zero-order valence-electron chi connectivity index (χ0n) is 14.1. The molecule has 2 aromatic carbocycles. The van der Waals surface area contributed by atoms with Gasteiger partial charge in [-0.15, -0.1) is 0 Å². The van der Waals surface area contributed by atoms with Gasteiger partial charge in [0.05, 0.1) is 23.9 Å². The number of alkyl halides is 3. The van der Waals surface area contributed by atoms with Crippen LogP contribution in [0.25, 0.3) is 0 Å². The predicted molar refractivity (Wildman–Crippen MR) is 91.1 cm³/mol. The molecule has 0 saturated carbocycles. The average Bonchev–Trinajstić information content (AvgIpc) is 2.60. The lowest BCUT2D eigenvalue weighted by atomic mass is 10.1. The number of hydrogen-bond acceptors (Lipinski definition) is 4. The van der Waals surface area contributed by atoms with Crippen molar-refractivity contribution in [2.24, 2.45) is 0 Å². The maximum Gasteiger partial charge on any atom is 0.416 e. The third kappa shape index (κ3) is 5.56. The Balaban J connectivity index is 2.01. The number of benzene rings is 2. The van der Waals surface area contributed by atoms with Crippen molar-refractivity contribution in [3.8, 4) is 0 Å². The Morgan fingerprint density at radius 1 is 0.963 bits per heavy atom. The first kappa shape index (κ1) is 20.0. The summed E-state index contributed by atoms with van der Waals surface area (Å²) in [5.41, 5.74) is -0.748. The fourth-order valence-electron chi connectivity index (χ4n) is 2.20. The monoisotopic (exact) mass is 380 g/mol. The normalized spacial score (nSPS) is 10.8. The summed E-state index contributed by atoms with van der Waals surface area (Å²) in [5, 5.41) is 4.63. The van der Waals surface area contributed by atoms with E-state index in [0.717, 1.165) is 18.2 Å². The molecule has 0 radical (unpaired) electrons. The third-order valence-electron chi connectivity index (χ3n) is 3.40. The Hall–Kier alpha value is -3.36. The number of rotatable bonds is 5. The van der Waals surface area contributed by atoms with Crippen LogP contribution in [0.5, 0.6) is 0 Å². The number of hydrogen-bond donors (Lipinski definition) is 2. The van der Waals surface area contributed by atoms with Crippen LogP contribution in [0.4, 0.5) is 24.5 Å². The van der Waals surface area contributed by atoms with Crippen molar-refractivity contribution in [2.45, 2.75) is 12.6 Å². The second-order valence-corrected chi connectivity index (χ2v) is 5.39. The second kappa shape index (κ2) is 8.35. The van der Waals surface area contributed by atoms with E-state index < -0.39 is 35.9 Å². The van der Waals surface area contributed by atoms with Crippen LogP contribution in [0.3, 0.4) is 0 Å². The number of carbonyl (C=O) groups excluding carboxylic acids is 3. The van der Waals surface area contributed by atoms with E-state index in [1.54, 1.807) is 12.1 Å². The van der Waals surface area contributed by atoms with Gasteiger partial charge in [-0.1, -0.05) is 18.2 Å². The molecular weight excluding hydrogens is 365 g/mol. The van der Waals surface area contributed by atoms with Gasteiger partial charge in [0, 0.05) is 5.69 Å². The predicted octanol–water partition coefficient (Wildman–Crippen LogP) is 3.46. The molecule has 0 aromatic heterocycles. The second-order valence-electron chi connectivity index (χ2n) is 5.39. The van der Waals surface area contributed by atoms with Gasteiger partial charge in [0.25, 0.3) is 0 Å². The smallest absolute Gasteiger partial charge is 0.416 e. The van der Waals surface area contributed by atoms with Gasteiger partial charge in [-0.25, -0.2) is 4.79 Å². The molecule has 0 aliphatic rings. The fourth-order valence-corrected chi connectivity index (χ4v) is 2.20. The highest BCUT2D eigenvalue weighted by Crippen LogP contribution is 2.30. The number of ether oxygens (including phenoxy) is 1. The Kier molecular flexibility index (Phi) is 6.17. The van der Waals surface area contributed by atoms with Crippen molar-refractivity contribution in [3.05, 3.63) is 59.7 Å². The largest absolute Gasteiger partial charge is 0.465 e. The van der Waals surface area contributed by atoms with Crippen LogP contribution >= 0.6 is 0 Å². The van der Waals surface area contributed by atoms with E-state index >= 15 is 0 Å². The SMILES string of the molecule is COC(=O)c1ccccc1NC(=O)CC(=O)Nc1cccc(C(F)(F)F)c1. The van der Waals surface area contributed by atoms with Crippen molar-refractivity contribution >= 4 is 29.2 Å².